The van der Waals surface area contributed by atoms with E-state index in [0.717, 1.165) is 22.6 Å². The van der Waals surface area contributed by atoms with E-state index in [4.69, 9.17) is 9.47 Å². The van der Waals surface area contributed by atoms with Crippen LogP contribution in [0.4, 0.5) is 5.69 Å². The highest BCUT2D eigenvalue weighted by Gasteiger charge is 2.18. The first-order valence-electron chi connectivity index (χ1n) is 9.07. The van der Waals surface area contributed by atoms with E-state index in [0.29, 0.717) is 31.9 Å². The third kappa shape index (κ3) is 4.11. The lowest BCUT2D eigenvalue weighted by molar-refractivity contribution is -0.118. The molecule has 136 valence electrons. The smallest absolute Gasteiger partial charge is 0.231 e. The van der Waals surface area contributed by atoms with Crippen molar-refractivity contribution >= 4 is 11.6 Å². The monoisotopic (exact) mass is 359 g/mol. The van der Waals surface area contributed by atoms with Crippen molar-refractivity contribution < 1.29 is 14.3 Å². The van der Waals surface area contributed by atoms with Gasteiger partial charge >= 0.3 is 0 Å². The minimum atomic E-state index is 0.0433. The first-order valence-corrected chi connectivity index (χ1v) is 9.07. The van der Waals surface area contributed by atoms with Crippen molar-refractivity contribution in [2.45, 2.75) is 13.0 Å². The molecule has 1 heterocycles. The van der Waals surface area contributed by atoms with Crippen molar-refractivity contribution in [2.24, 2.45) is 0 Å². The number of carbonyl (C=O) groups is 1. The van der Waals surface area contributed by atoms with Crippen molar-refractivity contribution in [2.75, 3.05) is 18.1 Å². The molecular weight excluding hydrogens is 338 g/mol. The van der Waals surface area contributed by atoms with Gasteiger partial charge in [0, 0.05) is 5.69 Å². The number of anilines is 1. The largest absolute Gasteiger partial charge is 0.486 e. The number of benzene rings is 3. The molecule has 1 aliphatic rings. The fraction of sp³-hybridized carbons (Fsp3) is 0.174. The number of para-hydroxylation sites is 1. The molecule has 0 aliphatic carbocycles. The van der Waals surface area contributed by atoms with Gasteiger partial charge in [-0.15, -0.1) is 0 Å². The first-order chi connectivity index (χ1) is 13.3. The number of carbonyl (C=O) groups excluding carboxylic acids is 1. The Morgan fingerprint density at radius 3 is 2.19 bits per heavy atom. The molecule has 0 saturated carbocycles. The molecule has 4 heteroatoms. The highest BCUT2D eigenvalue weighted by Crippen LogP contribution is 2.31. The molecule has 0 bridgehead atoms. The number of fused-ring (bicyclic) bond motifs is 1. The van der Waals surface area contributed by atoms with Gasteiger partial charge in [0.2, 0.25) is 5.91 Å². The van der Waals surface area contributed by atoms with E-state index in [1.807, 2.05) is 83.8 Å². The Hall–Kier alpha value is -3.27. The summed E-state index contributed by atoms with van der Waals surface area (Å²) in [6, 6.07) is 25.5. The minimum absolute atomic E-state index is 0.0433. The zero-order valence-corrected chi connectivity index (χ0v) is 15.0. The van der Waals surface area contributed by atoms with E-state index >= 15 is 0 Å². The van der Waals surface area contributed by atoms with Crippen LogP contribution < -0.4 is 14.4 Å². The molecule has 1 amide bonds. The van der Waals surface area contributed by atoms with Crippen LogP contribution in [0.1, 0.15) is 11.1 Å². The maximum absolute atomic E-state index is 13.1. The van der Waals surface area contributed by atoms with Crippen LogP contribution in [-0.4, -0.2) is 19.1 Å². The predicted octanol–water partition coefficient (Wildman–Crippen LogP) is 4.23. The topological polar surface area (TPSA) is 38.8 Å². The zero-order chi connectivity index (χ0) is 18.5. The fourth-order valence-corrected chi connectivity index (χ4v) is 3.17. The predicted molar refractivity (Wildman–Crippen MR) is 105 cm³/mol. The molecule has 0 unspecified atom stereocenters. The van der Waals surface area contributed by atoms with Crippen LogP contribution in [-0.2, 0) is 17.8 Å². The number of rotatable bonds is 5. The number of amides is 1. The number of nitrogens with zero attached hydrogens (tertiary/aromatic N) is 1. The normalized spacial score (nSPS) is 12.4. The molecular formula is C23H21NO3. The maximum atomic E-state index is 13.1. The van der Waals surface area contributed by atoms with Crippen LogP contribution in [0.2, 0.25) is 0 Å². The van der Waals surface area contributed by atoms with Crippen molar-refractivity contribution in [1.29, 1.82) is 0 Å². The van der Waals surface area contributed by atoms with Crippen LogP contribution >= 0.6 is 0 Å². The van der Waals surface area contributed by atoms with Crippen LogP contribution in [0, 0.1) is 0 Å². The molecule has 3 aromatic rings. The maximum Gasteiger partial charge on any atom is 0.231 e. The highest BCUT2D eigenvalue weighted by molar-refractivity contribution is 5.94. The van der Waals surface area contributed by atoms with Gasteiger partial charge in [-0.1, -0.05) is 54.6 Å². The molecule has 4 nitrogen and oxygen atoms in total. The highest BCUT2D eigenvalue weighted by atomic mass is 16.6. The van der Waals surface area contributed by atoms with Gasteiger partial charge in [0.25, 0.3) is 0 Å². The molecule has 4 rings (SSSR count). The second-order valence-corrected chi connectivity index (χ2v) is 6.46. The number of ether oxygens (including phenoxy) is 2. The van der Waals surface area contributed by atoms with E-state index in [-0.39, 0.29) is 5.91 Å². The fourth-order valence-electron chi connectivity index (χ4n) is 3.17. The van der Waals surface area contributed by atoms with Gasteiger partial charge < -0.3 is 14.4 Å². The van der Waals surface area contributed by atoms with Crippen molar-refractivity contribution in [1.82, 2.24) is 0 Å². The summed E-state index contributed by atoms with van der Waals surface area (Å²) < 4.78 is 11.2. The molecule has 0 aromatic heterocycles. The lowest BCUT2D eigenvalue weighted by Crippen LogP contribution is -2.31. The molecule has 0 spiro atoms. The molecule has 3 aromatic carbocycles. The Morgan fingerprint density at radius 2 is 1.44 bits per heavy atom. The Kier molecular flexibility index (Phi) is 5.06. The zero-order valence-electron chi connectivity index (χ0n) is 15.0. The van der Waals surface area contributed by atoms with Gasteiger partial charge in [-0.05, 0) is 35.4 Å². The second kappa shape index (κ2) is 7.96. The Morgan fingerprint density at radius 1 is 0.778 bits per heavy atom. The molecule has 0 saturated heterocycles. The Labute approximate surface area is 159 Å². The summed E-state index contributed by atoms with van der Waals surface area (Å²) in [5, 5.41) is 0. The van der Waals surface area contributed by atoms with Gasteiger partial charge in [-0.3, -0.25) is 4.79 Å². The lowest BCUT2D eigenvalue weighted by atomic mass is 10.1. The van der Waals surface area contributed by atoms with Gasteiger partial charge in [0.05, 0.1) is 13.0 Å². The van der Waals surface area contributed by atoms with Gasteiger partial charge in [-0.25, -0.2) is 0 Å². The van der Waals surface area contributed by atoms with E-state index in [2.05, 4.69) is 0 Å². The first kappa shape index (κ1) is 17.2. The van der Waals surface area contributed by atoms with Gasteiger partial charge in [0.15, 0.2) is 11.5 Å². The molecule has 0 atom stereocenters. The minimum Gasteiger partial charge on any atom is -0.486 e. The average molecular weight is 359 g/mol. The summed E-state index contributed by atoms with van der Waals surface area (Å²) in [5.41, 5.74) is 2.90. The summed E-state index contributed by atoms with van der Waals surface area (Å²) in [6.07, 6.45) is 0.304. The van der Waals surface area contributed by atoms with Gasteiger partial charge in [-0.2, -0.15) is 0 Å². The molecule has 1 aliphatic heterocycles. The quantitative estimate of drug-likeness (QED) is 0.684. The van der Waals surface area contributed by atoms with E-state index < -0.39 is 0 Å². The van der Waals surface area contributed by atoms with E-state index in [9.17, 15) is 4.79 Å². The van der Waals surface area contributed by atoms with Crippen molar-refractivity contribution in [3.8, 4) is 11.5 Å². The summed E-state index contributed by atoms with van der Waals surface area (Å²) >= 11 is 0. The Balaban J connectivity index is 1.57. The molecule has 0 N–H and O–H groups in total. The summed E-state index contributed by atoms with van der Waals surface area (Å²) in [4.78, 5) is 15.0. The third-order valence-corrected chi connectivity index (χ3v) is 4.51. The van der Waals surface area contributed by atoms with E-state index in [1.54, 1.807) is 0 Å². The molecule has 0 radical (unpaired) electrons. The summed E-state index contributed by atoms with van der Waals surface area (Å²) in [7, 11) is 0. The SMILES string of the molecule is O=C(Cc1ccc2c(c1)OCCO2)N(Cc1ccccc1)c1ccccc1. The number of hydrogen-bond acceptors (Lipinski definition) is 3. The second-order valence-electron chi connectivity index (χ2n) is 6.46. The molecule has 27 heavy (non-hydrogen) atoms. The third-order valence-electron chi connectivity index (χ3n) is 4.51. The summed E-state index contributed by atoms with van der Waals surface area (Å²) in [5.74, 6) is 1.49. The van der Waals surface area contributed by atoms with Crippen LogP contribution in [0.5, 0.6) is 11.5 Å². The van der Waals surface area contributed by atoms with Crippen molar-refractivity contribution in [3.05, 3.63) is 90.0 Å². The average Bonchev–Trinajstić information content (AvgIpc) is 2.73. The van der Waals surface area contributed by atoms with E-state index in [1.165, 1.54) is 0 Å². The Bertz CT molecular complexity index is 909. The van der Waals surface area contributed by atoms with Crippen molar-refractivity contribution in [3.63, 3.8) is 0 Å². The van der Waals surface area contributed by atoms with Crippen LogP contribution in [0.15, 0.2) is 78.9 Å². The summed E-state index contributed by atoms with van der Waals surface area (Å²) in [6.45, 7) is 1.63. The number of hydrogen-bond donors (Lipinski definition) is 0. The van der Waals surface area contributed by atoms with Crippen LogP contribution in [0.25, 0.3) is 0 Å². The molecule has 0 fully saturated rings. The van der Waals surface area contributed by atoms with Gasteiger partial charge in [0.1, 0.15) is 13.2 Å². The standard InChI is InChI=1S/C23H21NO3/c25-23(16-19-11-12-21-22(15-19)27-14-13-26-21)24(20-9-5-2-6-10-20)17-18-7-3-1-4-8-18/h1-12,15H,13-14,16-17H2. The lowest BCUT2D eigenvalue weighted by Gasteiger charge is -2.24. The van der Waals surface area contributed by atoms with Crippen LogP contribution in [0.3, 0.4) is 0 Å².